The molecule has 2 N–H and O–H groups in total. The number of rotatable bonds is 8. The quantitative estimate of drug-likeness (QED) is 0.728. The van der Waals surface area contributed by atoms with E-state index in [0.29, 0.717) is 30.7 Å². The van der Waals surface area contributed by atoms with Gasteiger partial charge in [0.1, 0.15) is 24.0 Å². The van der Waals surface area contributed by atoms with E-state index in [-0.39, 0.29) is 12.2 Å². The third-order valence-electron chi connectivity index (χ3n) is 3.05. The van der Waals surface area contributed by atoms with Gasteiger partial charge in [-0.15, -0.1) is 0 Å². The fourth-order valence-corrected chi connectivity index (χ4v) is 1.91. The molecule has 0 aliphatic rings. The Kier molecular flexibility index (Phi) is 6.51. The van der Waals surface area contributed by atoms with Crippen LogP contribution in [0.1, 0.15) is 0 Å². The summed E-state index contributed by atoms with van der Waals surface area (Å²) in [6.45, 7) is 0.825. The lowest BCUT2D eigenvalue weighted by Crippen LogP contribution is -2.22. The van der Waals surface area contributed by atoms with Gasteiger partial charge in [0.25, 0.3) is 0 Å². The monoisotopic (exact) mass is 336 g/mol. The fraction of sp³-hybridized carbons (Fsp3) is 0.235. The second kappa shape index (κ2) is 8.83. The predicted octanol–water partition coefficient (Wildman–Crippen LogP) is 3.04. The molecule has 0 heterocycles. The van der Waals surface area contributed by atoms with E-state index in [1.807, 2.05) is 0 Å². The van der Waals surface area contributed by atoms with Gasteiger partial charge in [0.15, 0.2) is 0 Å². The first-order chi connectivity index (χ1) is 11.6. The Hall–Kier alpha value is -2.67. The van der Waals surface area contributed by atoms with E-state index in [0.717, 1.165) is 6.07 Å². The molecule has 0 saturated carbocycles. The van der Waals surface area contributed by atoms with Crippen LogP contribution in [-0.4, -0.2) is 32.8 Å². The minimum atomic E-state index is -0.822. The van der Waals surface area contributed by atoms with E-state index >= 15 is 0 Å². The molecule has 5 nitrogen and oxygen atoms in total. The van der Waals surface area contributed by atoms with E-state index < -0.39 is 17.5 Å². The van der Waals surface area contributed by atoms with Crippen molar-refractivity contribution in [2.24, 2.45) is 0 Å². The maximum atomic E-state index is 13.5. The Morgan fingerprint density at radius 3 is 2.71 bits per heavy atom. The maximum absolute atomic E-state index is 13.5. The van der Waals surface area contributed by atoms with Crippen LogP contribution in [0.25, 0.3) is 0 Å². The molecule has 0 fully saturated rings. The molecule has 2 rings (SSSR count). The largest absolute Gasteiger partial charge is 0.491 e. The van der Waals surface area contributed by atoms with Crippen molar-refractivity contribution in [3.05, 3.63) is 54.1 Å². The Morgan fingerprint density at radius 1 is 1.12 bits per heavy atom. The molecular formula is C17H18F2N2O3. The molecule has 1 amide bonds. The first-order valence-corrected chi connectivity index (χ1v) is 7.29. The molecule has 0 bridgehead atoms. The predicted molar refractivity (Wildman–Crippen MR) is 87.3 cm³/mol. The number of hydrogen-bond donors (Lipinski definition) is 2. The third kappa shape index (κ3) is 5.51. The molecule has 7 heteroatoms. The van der Waals surface area contributed by atoms with Gasteiger partial charge in [-0.25, -0.2) is 8.78 Å². The summed E-state index contributed by atoms with van der Waals surface area (Å²) in [6, 6.07) is 10.0. The molecule has 0 aliphatic carbocycles. The minimum Gasteiger partial charge on any atom is -0.491 e. The number of amides is 1. The van der Waals surface area contributed by atoms with Gasteiger partial charge in [0, 0.05) is 24.9 Å². The average Bonchev–Trinajstić information content (AvgIpc) is 2.56. The second-order valence-corrected chi connectivity index (χ2v) is 4.89. The molecule has 0 atom stereocenters. The number of halogens is 2. The van der Waals surface area contributed by atoms with E-state index in [2.05, 4.69) is 10.6 Å². The van der Waals surface area contributed by atoms with Crippen molar-refractivity contribution in [1.82, 2.24) is 0 Å². The zero-order valence-corrected chi connectivity index (χ0v) is 13.1. The van der Waals surface area contributed by atoms with Gasteiger partial charge in [-0.2, -0.15) is 0 Å². The first kappa shape index (κ1) is 17.7. The number of carbonyl (C=O) groups is 1. The summed E-state index contributed by atoms with van der Waals surface area (Å²) < 4.78 is 36.7. The SMILES string of the molecule is COCCOc1cccc(NCC(=O)Nc2ccc(F)cc2F)c1. The number of hydrogen-bond acceptors (Lipinski definition) is 4. The zero-order valence-electron chi connectivity index (χ0n) is 13.1. The van der Waals surface area contributed by atoms with Crippen molar-refractivity contribution in [3.63, 3.8) is 0 Å². The van der Waals surface area contributed by atoms with Crippen molar-refractivity contribution in [3.8, 4) is 5.75 Å². The number of carbonyl (C=O) groups excluding carboxylic acids is 1. The number of ether oxygens (including phenoxy) is 2. The van der Waals surface area contributed by atoms with Crippen LogP contribution in [0.4, 0.5) is 20.2 Å². The second-order valence-electron chi connectivity index (χ2n) is 4.89. The normalized spacial score (nSPS) is 10.3. The Morgan fingerprint density at radius 2 is 1.96 bits per heavy atom. The maximum Gasteiger partial charge on any atom is 0.243 e. The van der Waals surface area contributed by atoms with Crippen LogP contribution in [-0.2, 0) is 9.53 Å². The highest BCUT2D eigenvalue weighted by Gasteiger charge is 2.08. The number of nitrogens with one attached hydrogen (secondary N) is 2. The Balaban J connectivity index is 1.86. The highest BCUT2D eigenvalue weighted by atomic mass is 19.1. The molecular weight excluding hydrogens is 318 g/mol. The summed E-state index contributed by atoms with van der Waals surface area (Å²) in [4.78, 5) is 11.8. The van der Waals surface area contributed by atoms with Crippen LogP contribution in [0.3, 0.4) is 0 Å². The summed E-state index contributed by atoms with van der Waals surface area (Å²) in [7, 11) is 1.59. The highest BCUT2D eigenvalue weighted by Crippen LogP contribution is 2.18. The van der Waals surface area contributed by atoms with Crippen LogP contribution < -0.4 is 15.4 Å². The van der Waals surface area contributed by atoms with Crippen LogP contribution in [0, 0.1) is 11.6 Å². The lowest BCUT2D eigenvalue weighted by Gasteiger charge is -2.10. The van der Waals surface area contributed by atoms with Gasteiger partial charge < -0.3 is 20.1 Å². The van der Waals surface area contributed by atoms with Crippen molar-refractivity contribution >= 4 is 17.3 Å². The number of methoxy groups -OCH3 is 1. The molecule has 0 aliphatic heterocycles. The molecule has 0 aromatic heterocycles. The van der Waals surface area contributed by atoms with Gasteiger partial charge in [-0.1, -0.05) is 6.07 Å². The van der Waals surface area contributed by atoms with Crippen molar-refractivity contribution in [1.29, 1.82) is 0 Å². The van der Waals surface area contributed by atoms with Gasteiger partial charge in [-0.3, -0.25) is 4.79 Å². The summed E-state index contributed by atoms with van der Waals surface area (Å²) in [5.74, 6) is -1.33. The van der Waals surface area contributed by atoms with Gasteiger partial charge in [0.2, 0.25) is 5.91 Å². The Labute approximate surface area is 138 Å². The van der Waals surface area contributed by atoms with Crippen LogP contribution in [0.5, 0.6) is 5.75 Å². The Bertz CT molecular complexity index is 695. The van der Waals surface area contributed by atoms with Gasteiger partial charge in [0.05, 0.1) is 18.8 Å². The molecule has 2 aromatic rings. The molecule has 0 saturated heterocycles. The molecule has 0 spiro atoms. The van der Waals surface area contributed by atoms with E-state index in [9.17, 15) is 13.6 Å². The van der Waals surface area contributed by atoms with Crippen molar-refractivity contribution in [2.45, 2.75) is 0 Å². The third-order valence-corrected chi connectivity index (χ3v) is 3.05. The van der Waals surface area contributed by atoms with E-state index in [1.54, 1.807) is 31.4 Å². The van der Waals surface area contributed by atoms with Crippen molar-refractivity contribution in [2.75, 3.05) is 37.5 Å². The molecule has 24 heavy (non-hydrogen) atoms. The van der Waals surface area contributed by atoms with Crippen LogP contribution in [0.15, 0.2) is 42.5 Å². The molecule has 2 aromatic carbocycles. The van der Waals surface area contributed by atoms with Crippen molar-refractivity contribution < 1.29 is 23.0 Å². The number of benzene rings is 2. The first-order valence-electron chi connectivity index (χ1n) is 7.29. The molecule has 0 radical (unpaired) electrons. The van der Waals surface area contributed by atoms with E-state index in [1.165, 1.54) is 6.07 Å². The zero-order chi connectivity index (χ0) is 17.4. The smallest absolute Gasteiger partial charge is 0.243 e. The molecule has 0 unspecified atom stereocenters. The lowest BCUT2D eigenvalue weighted by molar-refractivity contribution is -0.114. The van der Waals surface area contributed by atoms with Crippen LogP contribution in [0.2, 0.25) is 0 Å². The lowest BCUT2D eigenvalue weighted by atomic mass is 10.3. The minimum absolute atomic E-state index is 0.0696. The fourth-order valence-electron chi connectivity index (χ4n) is 1.91. The standard InChI is InChI=1S/C17H18F2N2O3/c1-23-7-8-24-14-4-2-3-13(10-14)20-11-17(22)21-16-6-5-12(18)9-15(16)19/h2-6,9-10,20H,7-8,11H2,1H3,(H,21,22). The number of anilines is 2. The van der Waals surface area contributed by atoms with E-state index in [4.69, 9.17) is 9.47 Å². The summed E-state index contributed by atoms with van der Waals surface area (Å²) in [5.41, 5.74) is 0.611. The average molecular weight is 336 g/mol. The topological polar surface area (TPSA) is 59.6 Å². The van der Waals surface area contributed by atoms with Crippen LogP contribution >= 0.6 is 0 Å². The van der Waals surface area contributed by atoms with Gasteiger partial charge in [-0.05, 0) is 24.3 Å². The summed E-state index contributed by atoms with van der Waals surface area (Å²) in [6.07, 6.45) is 0. The molecule has 128 valence electrons. The highest BCUT2D eigenvalue weighted by molar-refractivity contribution is 5.93. The summed E-state index contributed by atoms with van der Waals surface area (Å²) >= 11 is 0. The summed E-state index contributed by atoms with van der Waals surface area (Å²) in [5, 5.41) is 5.28. The van der Waals surface area contributed by atoms with Gasteiger partial charge >= 0.3 is 0 Å².